The maximum atomic E-state index is 12.4. The number of hydrogen-bond donors (Lipinski definition) is 0. The molecule has 0 saturated carbocycles. The zero-order valence-electron chi connectivity index (χ0n) is 8.15. The van der Waals surface area contributed by atoms with Gasteiger partial charge in [-0.05, 0) is 12.1 Å². The molecule has 7 heteroatoms. The lowest BCUT2D eigenvalue weighted by Gasteiger charge is -2.15. The van der Waals surface area contributed by atoms with Gasteiger partial charge in [0.05, 0.1) is 11.1 Å². The highest BCUT2D eigenvalue weighted by Crippen LogP contribution is 2.40. The van der Waals surface area contributed by atoms with Crippen molar-refractivity contribution in [3.8, 4) is 0 Å². The predicted octanol–water partition coefficient (Wildman–Crippen LogP) is 4.14. The summed E-state index contributed by atoms with van der Waals surface area (Å²) >= 11 is 0. The molecule has 0 heterocycles. The van der Waals surface area contributed by atoms with Crippen LogP contribution in [0.1, 0.15) is 16.7 Å². The fourth-order valence-corrected chi connectivity index (χ4v) is 1.26. The van der Waals surface area contributed by atoms with Crippen LogP contribution in [0.3, 0.4) is 0 Å². The number of rotatable bonds is 1. The molecule has 1 nitrogen and oxygen atoms in total. The lowest BCUT2D eigenvalue weighted by molar-refractivity contribution is -0.162. The topological polar surface area (TPSA) is 4.36 Å². The summed E-state index contributed by atoms with van der Waals surface area (Å²) in [6.45, 7) is 6.08. The lowest BCUT2D eigenvalue weighted by atomic mass is 10.0. The Labute approximate surface area is 92.5 Å². The van der Waals surface area contributed by atoms with Gasteiger partial charge in [0.25, 0.3) is 0 Å². The van der Waals surface area contributed by atoms with Gasteiger partial charge in [0.15, 0.2) is 0 Å². The summed E-state index contributed by atoms with van der Waals surface area (Å²) in [5.41, 5.74) is -3.59. The molecule has 0 atom stereocenters. The first-order chi connectivity index (χ1) is 7.66. The standard InChI is InChI=1S/C10H5F6N/c1-17-5-6-2-3-7(9(11,12)13)8(4-6)10(14,15)16/h2-4H,5H2. The molecule has 0 unspecified atom stereocenters. The van der Waals surface area contributed by atoms with Crippen molar-refractivity contribution in [2.24, 2.45) is 0 Å². The molecule has 1 aromatic rings. The summed E-state index contributed by atoms with van der Waals surface area (Å²) in [5, 5.41) is 0. The molecule has 0 radical (unpaired) electrons. The Morgan fingerprint density at radius 3 is 1.88 bits per heavy atom. The van der Waals surface area contributed by atoms with E-state index in [-0.39, 0.29) is 12.1 Å². The molecular formula is C10H5F6N. The van der Waals surface area contributed by atoms with E-state index in [1.807, 2.05) is 0 Å². The van der Waals surface area contributed by atoms with E-state index in [0.29, 0.717) is 12.1 Å². The highest BCUT2D eigenvalue weighted by Gasteiger charge is 2.43. The Morgan fingerprint density at radius 2 is 1.47 bits per heavy atom. The van der Waals surface area contributed by atoms with Crippen LogP contribution >= 0.6 is 0 Å². The number of nitrogens with zero attached hydrogens (tertiary/aromatic N) is 1. The quantitative estimate of drug-likeness (QED) is 0.523. The van der Waals surface area contributed by atoms with Crippen LogP contribution in [-0.4, -0.2) is 0 Å². The Kier molecular flexibility index (Phi) is 3.36. The third-order valence-electron chi connectivity index (χ3n) is 1.96. The van der Waals surface area contributed by atoms with E-state index < -0.39 is 23.5 Å². The van der Waals surface area contributed by atoms with Gasteiger partial charge in [0.2, 0.25) is 6.54 Å². The Morgan fingerprint density at radius 1 is 0.941 bits per heavy atom. The van der Waals surface area contributed by atoms with Gasteiger partial charge in [-0.3, -0.25) is 0 Å². The molecule has 0 aromatic heterocycles. The van der Waals surface area contributed by atoms with Crippen LogP contribution in [0.5, 0.6) is 0 Å². The normalized spacial score (nSPS) is 12.3. The van der Waals surface area contributed by atoms with E-state index in [0.717, 1.165) is 6.07 Å². The molecule has 92 valence electrons. The minimum absolute atomic E-state index is 0.0969. The fourth-order valence-electron chi connectivity index (χ4n) is 1.26. The average molecular weight is 253 g/mol. The van der Waals surface area contributed by atoms with Gasteiger partial charge in [-0.1, -0.05) is 6.07 Å². The Bertz CT molecular complexity index is 451. The summed E-state index contributed by atoms with van der Waals surface area (Å²) in [7, 11) is 0. The summed E-state index contributed by atoms with van der Waals surface area (Å²) in [5.74, 6) is 0. The van der Waals surface area contributed by atoms with E-state index in [2.05, 4.69) is 4.85 Å². The first-order valence-corrected chi connectivity index (χ1v) is 4.27. The number of hydrogen-bond acceptors (Lipinski definition) is 0. The van der Waals surface area contributed by atoms with Crippen molar-refractivity contribution >= 4 is 0 Å². The van der Waals surface area contributed by atoms with Gasteiger partial charge in [-0.15, -0.1) is 0 Å². The summed E-state index contributed by atoms with van der Waals surface area (Å²) in [4.78, 5) is 2.82. The van der Waals surface area contributed by atoms with Gasteiger partial charge in [-0.2, -0.15) is 26.3 Å². The van der Waals surface area contributed by atoms with Crippen molar-refractivity contribution in [2.45, 2.75) is 18.9 Å². The van der Waals surface area contributed by atoms with E-state index in [9.17, 15) is 26.3 Å². The van der Waals surface area contributed by atoms with Gasteiger partial charge in [-0.25, -0.2) is 6.57 Å². The number of alkyl halides is 6. The zero-order chi connectivity index (χ0) is 13.3. The SMILES string of the molecule is [C-]#[N+]Cc1ccc(C(F)(F)F)c(C(F)(F)F)c1. The summed E-state index contributed by atoms with van der Waals surface area (Å²) < 4.78 is 74.3. The average Bonchev–Trinajstić information content (AvgIpc) is 2.15. The molecule has 1 aromatic carbocycles. The molecule has 0 fully saturated rings. The molecular weight excluding hydrogens is 248 g/mol. The molecule has 1 rings (SSSR count). The molecule has 0 saturated heterocycles. The van der Waals surface area contributed by atoms with E-state index in [1.165, 1.54) is 0 Å². The smallest absolute Gasteiger partial charge is 0.312 e. The first-order valence-electron chi connectivity index (χ1n) is 4.27. The van der Waals surface area contributed by atoms with Crippen LogP contribution in [0, 0.1) is 6.57 Å². The van der Waals surface area contributed by atoms with Crippen LogP contribution in [0.4, 0.5) is 26.3 Å². The van der Waals surface area contributed by atoms with Crippen molar-refractivity contribution in [3.63, 3.8) is 0 Å². The third-order valence-corrected chi connectivity index (χ3v) is 1.96. The van der Waals surface area contributed by atoms with Crippen LogP contribution in [0.25, 0.3) is 4.85 Å². The number of halogens is 6. The summed E-state index contributed by atoms with van der Waals surface area (Å²) in [6.07, 6.45) is -10.2. The van der Waals surface area contributed by atoms with Crippen molar-refractivity contribution < 1.29 is 26.3 Å². The van der Waals surface area contributed by atoms with Gasteiger partial charge in [0.1, 0.15) is 0 Å². The third kappa shape index (κ3) is 3.12. The zero-order valence-corrected chi connectivity index (χ0v) is 8.15. The molecule has 17 heavy (non-hydrogen) atoms. The fraction of sp³-hybridized carbons (Fsp3) is 0.300. The van der Waals surface area contributed by atoms with Crippen molar-refractivity contribution in [3.05, 3.63) is 46.3 Å². The Hall–Kier alpha value is -1.71. The second-order valence-corrected chi connectivity index (χ2v) is 3.19. The molecule has 0 aliphatic rings. The van der Waals surface area contributed by atoms with E-state index >= 15 is 0 Å². The largest absolute Gasteiger partial charge is 0.417 e. The first kappa shape index (κ1) is 13.4. The minimum Gasteiger partial charge on any atom is -0.312 e. The molecule has 0 bridgehead atoms. The highest BCUT2D eigenvalue weighted by atomic mass is 19.4. The second kappa shape index (κ2) is 4.28. The van der Waals surface area contributed by atoms with Gasteiger partial charge in [0, 0.05) is 5.56 Å². The molecule has 0 N–H and O–H groups in total. The van der Waals surface area contributed by atoms with Gasteiger partial charge >= 0.3 is 12.4 Å². The molecule has 0 aliphatic carbocycles. The summed E-state index contributed by atoms with van der Waals surface area (Å²) in [6, 6.07) is 1.58. The molecule has 0 amide bonds. The molecule has 0 spiro atoms. The minimum atomic E-state index is -5.09. The molecule has 0 aliphatic heterocycles. The van der Waals surface area contributed by atoms with Crippen molar-refractivity contribution in [2.75, 3.05) is 0 Å². The van der Waals surface area contributed by atoms with Gasteiger partial charge < -0.3 is 4.85 Å². The van der Waals surface area contributed by atoms with E-state index in [4.69, 9.17) is 6.57 Å². The predicted molar refractivity (Wildman–Crippen MR) is 46.8 cm³/mol. The highest BCUT2D eigenvalue weighted by molar-refractivity contribution is 5.36. The monoisotopic (exact) mass is 253 g/mol. The van der Waals surface area contributed by atoms with Crippen molar-refractivity contribution in [1.29, 1.82) is 0 Å². The van der Waals surface area contributed by atoms with Crippen molar-refractivity contribution in [1.82, 2.24) is 0 Å². The van der Waals surface area contributed by atoms with Crippen LogP contribution in [0.2, 0.25) is 0 Å². The second-order valence-electron chi connectivity index (χ2n) is 3.19. The van der Waals surface area contributed by atoms with Crippen LogP contribution in [-0.2, 0) is 18.9 Å². The number of benzene rings is 1. The van der Waals surface area contributed by atoms with Crippen LogP contribution in [0.15, 0.2) is 18.2 Å². The lowest BCUT2D eigenvalue weighted by Crippen LogP contribution is -2.16. The van der Waals surface area contributed by atoms with Crippen LogP contribution < -0.4 is 0 Å². The van der Waals surface area contributed by atoms with E-state index in [1.54, 1.807) is 0 Å². The maximum absolute atomic E-state index is 12.4. The Balaban J connectivity index is 3.39. The maximum Gasteiger partial charge on any atom is 0.417 e.